The van der Waals surface area contributed by atoms with Crippen molar-refractivity contribution in [3.05, 3.63) is 64.4 Å². The van der Waals surface area contributed by atoms with Crippen LogP contribution in [0.3, 0.4) is 0 Å². The Kier molecular flexibility index (Phi) is 4.58. The van der Waals surface area contributed by atoms with E-state index >= 15 is 0 Å². The number of methoxy groups -OCH3 is 1. The number of hydrogen-bond acceptors (Lipinski definition) is 3. The lowest BCUT2D eigenvalue weighted by Crippen LogP contribution is -2.05. The fourth-order valence-electron chi connectivity index (χ4n) is 1.75. The molecule has 3 nitrogen and oxygen atoms in total. The van der Waals surface area contributed by atoms with Crippen molar-refractivity contribution in [2.24, 2.45) is 0 Å². The van der Waals surface area contributed by atoms with Crippen molar-refractivity contribution in [2.75, 3.05) is 12.4 Å². The van der Waals surface area contributed by atoms with Gasteiger partial charge < -0.3 is 10.1 Å². The lowest BCUT2D eigenvalue weighted by Gasteiger charge is -2.09. The maximum Gasteiger partial charge on any atom is 0.337 e. The van der Waals surface area contributed by atoms with Crippen molar-refractivity contribution in [3.63, 3.8) is 0 Å². The normalized spacial score (nSPS) is 10.2. The summed E-state index contributed by atoms with van der Waals surface area (Å²) in [6.07, 6.45) is 0. The molecule has 2 rings (SSSR count). The van der Waals surface area contributed by atoms with Gasteiger partial charge in [-0.2, -0.15) is 0 Å². The van der Waals surface area contributed by atoms with Crippen LogP contribution in [0.4, 0.5) is 10.1 Å². The summed E-state index contributed by atoms with van der Waals surface area (Å²) in [7, 11) is 1.32. The number of esters is 1. The van der Waals surface area contributed by atoms with Gasteiger partial charge in [0.15, 0.2) is 0 Å². The van der Waals surface area contributed by atoms with Crippen LogP contribution in [0.25, 0.3) is 0 Å². The van der Waals surface area contributed by atoms with Gasteiger partial charge >= 0.3 is 5.97 Å². The van der Waals surface area contributed by atoms with Crippen LogP contribution >= 0.6 is 11.6 Å². The Hall–Kier alpha value is -2.07. The van der Waals surface area contributed by atoms with Crippen molar-refractivity contribution in [3.8, 4) is 0 Å². The van der Waals surface area contributed by atoms with Gasteiger partial charge in [0.1, 0.15) is 5.82 Å². The van der Waals surface area contributed by atoms with E-state index in [1.807, 2.05) is 0 Å². The highest BCUT2D eigenvalue weighted by atomic mass is 35.5. The molecule has 0 bridgehead atoms. The molecule has 2 aromatic rings. The van der Waals surface area contributed by atoms with Gasteiger partial charge in [0.2, 0.25) is 0 Å². The molecule has 0 amide bonds. The summed E-state index contributed by atoms with van der Waals surface area (Å²) in [6, 6.07) is 11.2. The van der Waals surface area contributed by atoms with Crippen LogP contribution in [0, 0.1) is 5.82 Å². The van der Waals surface area contributed by atoms with Gasteiger partial charge in [0.05, 0.1) is 12.7 Å². The quantitative estimate of drug-likeness (QED) is 0.870. The Labute approximate surface area is 121 Å². The molecule has 20 heavy (non-hydrogen) atoms. The molecule has 0 unspecified atom stereocenters. The SMILES string of the molecule is COC(=O)c1cccc(NCc2cc(Cl)ccc2F)c1. The van der Waals surface area contributed by atoms with Gasteiger partial charge in [-0.1, -0.05) is 17.7 Å². The van der Waals surface area contributed by atoms with Crippen LogP contribution < -0.4 is 5.32 Å². The molecule has 0 fully saturated rings. The van der Waals surface area contributed by atoms with E-state index in [4.69, 9.17) is 11.6 Å². The molecule has 0 heterocycles. The summed E-state index contributed by atoms with van der Waals surface area (Å²) in [4.78, 5) is 11.4. The van der Waals surface area contributed by atoms with Crippen LogP contribution in [0.15, 0.2) is 42.5 Å². The Balaban J connectivity index is 2.11. The van der Waals surface area contributed by atoms with E-state index in [1.165, 1.54) is 19.2 Å². The zero-order chi connectivity index (χ0) is 14.5. The Bertz CT molecular complexity index is 631. The molecular formula is C15H13ClFNO2. The molecule has 0 radical (unpaired) electrons. The van der Waals surface area contributed by atoms with Gasteiger partial charge in [-0.05, 0) is 36.4 Å². The maximum absolute atomic E-state index is 13.6. The highest BCUT2D eigenvalue weighted by molar-refractivity contribution is 6.30. The standard InChI is InChI=1S/C15H13ClFNO2/c1-20-15(19)10-3-2-4-13(8-10)18-9-11-7-12(16)5-6-14(11)17/h2-8,18H,9H2,1H3. The summed E-state index contributed by atoms with van der Waals surface area (Å²) in [5, 5.41) is 3.52. The largest absolute Gasteiger partial charge is 0.465 e. The Morgan fingerprint density at radius 2 is 2.10 bits per heavy atom. The molecule has 2 aromatic carbocycles. The average Bonchev–Trinajstić information content (AvgIpc) is 2.47. The van der Waals surface area contributed by atoms with Crippen molar-refractivity contribution < 1.29 is 13.9 Å². The number of halogens is 2. The lowest BCUT2D eigenvalue weighted by atomic mass is 10.1. The molecule has 0 aliphatic rings. The minimum absolute atomic E-state index is 0.275. The van der Waals surface area contributed by atoms with Gasteiger partial charge in [-0.25, -0.2) is 9.18 Å². The van der Waals surface area contributed by atoms with E-state index in [0.29, 0.717) is 21.8 Å². The highest BCUT2D eigenvalue weighted by Crippen LogP contribution is 2.17. The third kappa shape index (κ3) is 3.48. The number of carbonyl (C=O) groups is 1. The van der Waals surface area contributed by atoms with Crippen LogP contribution in [0.1, 0.15) is 15.9 Å². The molecule has 0 spiro atoms. The predicted molar refractivity (Wildman–Crippen MR) is 76.5 cm³/mol. The molecule has 0 saturated carbocycles. The molecule has 5 heteroatoms. The maximum atomic E-state index is 13.6. The zero-order valence-corrected chi connectivity index (χ0v) is 11.6. The number of ether oxygens (including phenoxy) is 1. The molecule has 104 valence electrons. The van der Waals surface area contributed by atoms with E-state index in [0.717, 1.165) is 0 Å². The number of anilines is 1. The van der Waals surface area contributed by atoms with Crippen molar-refractivity contribution in [1.82, 2.24) is 0 Å². The average molecular weight is 294 g/mol. The third-order valence-corrected chi connectivity index (χ3v) is 3.01. The molecule has 0 atom stereocenters. The Morgan fingerprint density at radius 1 is 1.30 bits per heavy atom. The monoisotopic (exact) mass is 293 g/mol. The predicted octanol–water partition coefficient (Wildman–Crippen LogP) is 3.88. The van der Waals surface area contributed by atoms with Gasteiger partial charge in [-0.15, -0.1) is 0 Å². The minimum atomic E-state index is -0.414. The fraction of sp³-hybridized carbons (Fsp3) is 0.133. The van der Waals surface area contributed by atoms with E-state index in [-0.39, 0.29) is 12.4 Å². The van der Waals surface area contributed by atoms with Crippen LogP contribution in [-0.4, -0.2) is 13.1 Å². The van der Waals surface area contributed by atoms with Crippen molar-refractivity contribution >= 4 is 23.3 Å². The van der Waals surface area contributed by atoms with E-state index < -0.39 is 5.97 Å². The van der Waals surface area contributed by atoms with Crippen LogP contribution in [0.2, 0.25) is 5.02 Å². The van der Waals surface area contributed by atoms with E-state index in [2.05, 4.69) is 10.1 Å². The summed E-state index contributed by atoms with van der Waals surface area (Å²) in [5.74, 6) is -0.742. The number of hydrogen-bond donors (Lipinski definition) is 1. The van der Waals surface area contributed by atoms with Gasteiger partial charge in [0.25, 0.3) is 0 Å². The topological polar surface area (TPSA) is 38.3 Å². The summed E-state index contributed by atoms with van der Waals surface area (Å²) < 4.78 is 18.2. The van der Waals surface area contributed by atoms with Crippen molar-refractivity contribution in [2.45, 2.75) is 6.54 Å². The summed E-state index contributed by atoms with van der Waals surface area (Å²) >= 11 is 5.83. The number of rotatable bonds is 4. The smallest absolute Gasteiger partial charge is 0.337 e. The number of benzene rings is 2. The molecule has 0 aliphatic carbocycles. The summed E-state index contributed by atoms with van der Waals surface area (Å²) in [6.45, 7) is 0.275. The molecule has 1 N–H and O–H groups in total. The van der Waals surface area contributed by atoms with Crippen LogP contribution in [-0.2, 0) is 11.3 Å². The second-order valence-corrected chi connectivity index (χ2v) is 4.60. The van der Waals surface area contributed by atoms with E-state index in [1.54, 1.807) is 30.3 Å². The molecule has 0 aliphatic heterocycles. The first kappa shape index (κ1) is 14.3. The first-order valence-corrected chi connectivity index (χ1v) is 6.34. The van der Waals surface area contributed by atoms with Crippen molar-refractivity contribution in [1.29, 1.82) is 0 Å². The van der Waals surface area contributed by atoms with E-state index in [9.17, 15) is 9.18 Å². The van der Waals surface area contributed by atoms with Gasteiger partial charge in [0, 0.05) is 22.8 Å². The molecule has 0 aromatic heterocycles. The summed E-state index contributed by atoms with van der Waals surface area (Å²) in [5.41, 5.74) is 1.59. The molecule has 0 saturated heterocycles. The second-order valence-electron chi connectivity index (χ2n) is 4.16. The first-order valence-electron chi connectivity index (χ1n) is 5.96. The second kappa shape index (κ2) is 6.39. The third-order valence-electron chi connectivity index (χ3n) is 2.77. The fourth-order valence-corrected chi connectivity index (χ4v) is 1.94. The van der Waals surface area contributed by atoms with Gasteiger partial charge in [-0.3, -0.25) is 0 Å². The number of nitrogens with one attached hydrogen (secondary N) is 1. The highest BCUT2D eigenvalue weighted by Gasteiger charge is 2.06. The lowest BCUT2D eigenvalue weighted by molar-refractivity contribution is 0.0601. The first-order chi connectivity index (χ1) is 9.60. The van der Waals surface area contributed by atoms with Crippen LogP contribution in [0.5, 0.6) is 0 Å². The zero-order valence-electron chi connectivity index (χ0n) is 10.8. The molecular weight excluding hydrogens is 281 g/mol. The Morgan fingerprint density at radius 3 is 2.85 bits per heavy atom. The number of carbonyl (C=O) groups excluding carboxylic acids is 1. The minimum Gasteiger partial charge on any atom is -0.465 e.